The molecule has 9 nitrogen and oxygen atoms in total. The highest BCUT2D eigenvalue weighted by molar-refractivity contribution is 7.71. The van der Waals surface area contributed by atoms with Gasteiger partial charge in [-0.2, -0.15) is 0 Å². The van der Waals surface area contributed by atoms with Crippen molar-refractivity contribution in [1.29, 1.82) is 0 Å². The second-order valence-corrected chi connectivity index (χ2v) is 9.70. The highest BCUT2D eigenvalue weighted by Gasteiger charge is 2.46. The minimum Gasteiger partial charge on any atom is -0.412 e. The molecule has 11 heteroatoms. The Morgan fingerprint density at radius 2 is 1.81 bits per heavy atom. The van der Waals surface area contributed by atoms with Crippen LogP contribution in [0.15, 0.2) is 47.3 Å². The van der Waals surface area contributed by atoms with Crippen LogP contribution in [0.4, 0.5) is 10.1 Å². The van der Waals surface area contributed by atoms with Crippen molar-refractivity contribution in [3.05, 3.63) is 69.0 Å². The molecule has 2 aromatic carbocycles. The van der Waals surface area contributed by atoms with E-state index in [4.69, 9.17) is 21.7 Å². The lowest BCUT2D eigenvalue weighted by atomic mass is 9.84. The number of H-pyrrole nitrogens is 1. The van der Waals surface area contributed by atoms with Gasteiger partial charge in [0.2, 0.25) is 5.91 Å². The summed E-state index contributed by atoms with van der Waals surface area (Å²) in [5, 5.41) is 3.24. The Bertz CT molecular complexity index is 1380. The van der Waals surface area contributed by atoms with Crippen molar-refractivity contribution in [3.8, 4) is 0 Å². The summed E-state index contributed by atoms with van der Waals surface area (Å²) in [6, 6.07) is 11.5. The van der Waals surface area contributed by atoms with Gasteiger partial charge in [0.1, 0.15) is 5.82 Å². The van der Waals surface area contributed by atoms with Crippen molar-refractivity contribution >= 4 is 34.7 Å². The van der Waals surface area contributed by atoms with E-state index < -0.39 is 5.79 Å². The minimum atomic E-state index is -0.825. The van der Waals surface area contributed by atoms with Gasteiger partial charge in [0, 0.05) is 37.2 Å². The van der Waals surface area contributed by atoms with Gasteiger partial charge in [-0.25, -0.2) is 4.39 Å². The Hall–Kier alpha value is -2.96. The maximum Gasteiger partial charge on any atom is 0.262 e. The van der Waals surface area contributed by atoms with E-state index in [-0.39, 0.29) is 28.7 Å². The molecule has 0 bridgehead atoms. The third-order valence-corrected chi connectivity index (χ3v) is 7.35. The fourth-order valence-corrected chi connectivity index (χ4v) is 5.55. The van der Waals surface area contributed by atoms with E-state index in [9.17, 15) is 14.0 Å². The molecule has 0 aliphatic carbocycles. The first-order valence-corrected chi connectivity index (χ1v) is 12.6. The minimum absolute atomic E-state index is 0. The van der Waals surface area contributed by atoms with E-state index in [0.29, 0.717) is 47.7 Å². The average Bonchev–Trinajstić information content (AvgIpc) is 3.35. The molecule has 0 spiro atoms. The first-order chi connectivity index (χ1) is 17.4. The van der Waals surface area contributed by atoms with Crippen molar-refractivity contribution < 1.29 is 24.1 Å². The van der Waals surface area contributed by atoms with Crippen LogP contribution in [0.5, 0.6) is 0 Å². The van der Waals surface area contributed by atoms with Crippen molar-refractivity contribution in [2.75, 3.05) is 38.2 Å². The molecule has 2 aliphatic rings. The number of hydrogen-bond donors (Lipinski definition) is 2. The number of likely N-dealkylation sites (tertiary alicyclic amines) is 1. The van der Waals surface area contributed by atoms with E-state index >= 15 is 0 Å². The molecule has 2 saturated heterocycles. The number of nitrogens with zero attached hydrogens (tertiary/aromatic N) is 2. The standard InChI is InChI=1S/C26H29FN4O4S.H2O/c1-17(32)28-21-6-7-22-23(16-21)29-25(36)31(24(22)33)13-12-30-10-8-19(9-11-30)26(34-14-15-35-26)18-2-4-20(27)5-3-18;/h2-7,16,19H,8-15H2,1H3,(H,28,32)(H,29,36);1H2. The van der Waals surface area contributed by atoms with E-state index in [1.54, 1.807) is 34.9 Å². The number of piperidine rings is 1. The summed E-state index contributed by atoms with van der Waals surface area (Å²) in [5.74, 6) is -1.13. The summed E-state index contributed by atoms with van der Waals surface area (Å²) < 4.78 is 27.7. The molecule has 0 radical (unpaired) electrons. The number of carbonyl (C=O) groups is 1. The summed E-state index contributed by atoms with van der Waals surface area (Å²) in [6.45, 7) is 5.30. The molecule has 1 amide bonds. The fraction of sp³-hybridized carbons (Fsp3) is 0.423. The predicted molar refractivity (Wildman–Crippen MR) is 140 cm³/mol. The molecule has 0 unspecified atom stereocenters. The molecule has 0 atom stereocenters. The maximum absolute atomic E-state index is 13.5. The lowest BCUT2D eigenvalue weighted by Crippen LogP contribution is -2.45. The summed E-state index contributed by atoms with van der Waals surface area (Å²) in [6.07, 6.45) is 1.73. The number of aromatic nitrogens is 2. The van der Waals surface area contributed by atoms with Gasteiger partial charge in [-0.3, -0.25) is 14.2 Å². The Labute approximate surface area is 218 Å². The molecule has 2 fully saturated rings. The molecule has 1 aromatic heterocycles. The van der Waals surface area contributed by atoms with Crippen molar-refractivity contribution in [2.45, 2.75) is 32.1 Å². The van der Waals surface area contributed by atoms with Crippen LogP contribution >= 0.6 is 12.2 Å². The summed E-state index contributed by atoms with van der Waals surface area (Å²) in [5.41, 5.74) is 1.90. The third-order valence-electron chi connectivity index (χ3n) is 7.03. The zero-order chi connectivity index (χ0) is 25.3. The van der Waals surface area contributed by atoms with Crippen molar-refractivity contribution in [3.63, 3.8) is 0 Å². The monoisotopic (exact) mass is 530 g/mol. The van der Waals surface area contributed by atoms with Gasteiger partial charge in [0.15, 0.2) is 10.6 Å². The van der Waals surface area contributed by atoms with Crippen LogP contribution in [0.2, 0.25) is 0 Å². The smallest absolute Gasteiger partial charge is 0.262 e. The molecule has 37 heavy (non-hydrogen) atoms. The molecule has 3 aromatic rings. The molecule has 0 saturated carbocycles. The number of benzene rings is 2. The topological polar surface area (TPSA) is 120 Å². The Kier molecular flexibility index (Phi) is 8.20. The fourth-order valence-electron chi connectivity index (χ4n) is 5.27. The van der Waals surface area contributed by atoms with Crippen LogP contribution in [0.3, 0.4) is 0 Å². The molecular formula is C26H31FN4O5S. The van der Waals surface area contributed by atoms with Gasteiger partial charge >= 0.3 is 0 Å². The number of hydrogen-bond acceptors (Lipinski definition) is 6. The SMILES string of the molecule is CC(=O)Nc1ccc2c(=O)n(CCN3CCC(C4(c5ccc(F)cc5)OCCO4)CC3)c(=S)[nH]c2c1.O. The van der Waals surface area contributed by atoms with Gasteiger partial charge in [-0.15, -0.1) is 0 Å². The quantitative estimate of drug-likeness (QED) is 0.473. The normalized spacial score (nSPS) is 18.0. The number of carbonyl (C=O) groups excluding carboxylic acids is 1. The molecular weight excluding hydrogens is 499 g/mol. The highest BCUT2D eigenvalue weighted by Crippen LogP contribution is 2.43. The largest absolute Gasteiger partial charge is 0.412 e. The van der Waals surface area contributed by atoms with Gasteiger partial charge in [-0.1, -0.05) is 12.1 Å². The van der Waals surface area contributed by atoms with Gasteiger partial charge < -0.3 is 30.2 Å². The second kappa shape index (κ2) is 11.2. The number of nitrogens with one attached hydrogen (secondary N) is 2. The summed E-state index contributed by atoms with van der Waals surface area (Å²) >= 11 is 5.48. The second-order valence-electron chi connectivity index (χ2n) is 9.32. The van der Waals surface area contributed by atoms with Crippen LogP contribution in [0.1, 0.15) is 25.3 Å². The number of fused-ring (bicyclic) bond motifs is 1. The van der Waals surface area contributed by atoms with Crippen LogP contribution in [-0.2, 0) is 26.6 Å². The Balaban J connectivity index is 0.00000320. The molecule has 4 N–H and O–H groups in total. The Morgan fingerprint density at radius 1 is 1.14 bits per heavy atom. The summed E-state index contributed by atoms with van der Waals surface area (Å²) in [4.78, 5) is 29.9. The molecule has 3 heterocycles. The number of anilines is 1. The average molecular weight is 531 g/mol. The van der Waals surface area contributed by atoms with Crippen LogP contribution < -0.4 is 10.9 Å². The molecule has 198 valence electrons. The highest BCUT2D eigenvalue weighted by atomic mass is 32.1. The van der Waals surface area contributed by atoms with E-state index in [0.717, 1.165) is 31.5 Å². The first kappa shape index (κ1) is 27.1. The number of ether oxygens (including phenoxy) is 2. The van der Waals surface area contributed by atoms with Gasteiger partial charge in [0.25, 0.3) is 5.56 Å². The van der Waals surface area contributed by atoms with Crippen molar-refractivity contribution in [2.24, 2.45) is 5.92 Å². The zero-order valence-electron chi connectivity index (χ0n) is 20.6. The van der Waals surface area contributed by atoms with Crippen LogP contribution in [0.25, 0.3) is 10.9 Å². The van der Waals surface area contributed by atoms with Gasteiger partial charge in [0.05, 0.1) is 24.1 Å². The number of halogens is 1. The molecule has 5 rings (SSSR count). The first-order valence-electron chi connectivity index (χ1n) is 12.2. The van der Waals surface area contributed by atoms with Crippen LogP contribution in [-0.4, -0.2) is 58.7 Å². The number of amides is 1. The number of rotatable bonds is 6. The van der Waals surface area contributed by atoms with Crippen LogP contribution in [0, 0.1) is 16.5 Å². The summed E-state index contributed by atoms with van der Waals surface area (Å²) in [7, 11) is 0. The van der Waals surface area contributed by atoms with E-state index in [1.165, 1.54) is 19.1 Å². The lowest BCUT2D eigenvalue weighted by Gasteiger charge is -2.41. The lowest BCUT2D eigenvalue weighted by molar-refractivity contribution is -0.214. The maximum atomic E-state index is 13.5. The zero-order valence-corrected chi connectivity index (χ0v) is 21.4. The van der Waals surface area contributed by atoms with E-state index in [2.05, 4.69) is 15.2 Å². The predicted octanol–water partition coefficient (Wildman–Crippen LogP) is 2.94. The Morgan fingerprint density at radius 3 is 2.46 bits per heavy atom. The van der Waals surface area contributed by atoms with Gasteiger partial charge in [-0.05, 0) is 68.5 Å². The third kappa shape index (κ3) is 5.51. The van der Waals surface area contributed by atoms with Crippen molar-refractivity contribution in [1.82, 2.24) is 14.5 Å². The van der Waals surface area contributed by atoms with E-state index in [1.807, 2.05) is 0 Å². The molecule has 2 aliphatic heterocycles. The number of aromatic amines is 1.